The second-order valence-corrected chi connectivity index (χ2v) is 6.37. The maximum atomic E-state index is 12.6. The van der Waals surface area contributed by atoms with Crippen molar-refractivity contribution in [3.8, 4) is 0 Å². The van der Waals surface area contributed by atoms with Gasteiger partial charge in [-0.1, -0.05) is 19.9 Å². The quantitative estimate of drug-likeness (QED) is 0.861. The molecule has 0 radical (unpaired) electrons. The Kier molecular flexibility index (Phi) is 3.54. The van der Waals surface area contributed by atoms with Gasteiger partial charge in [0.15, 0.2) is 0 Å². The Bertz CT molecular complexity index is 515. The maximum Gasteiger partial charge on any atom is 0.255 e. The molecule has 2 aliphatic rings. The highest BCUT2D eigenvalue weighted by atomic mass is 32.2. The van der Waals surface area contributed by atoms with Crippen LogP contribution in [0, 0.1) is 0 Å². The number of thioether (sulfide) groups is 1. The minimum atomic E-state index is 0.236. The second kappa shape index (κ2) is 5.17. The molecule has 0 aliphatic carbocycles. The summed E-state index contributed by atoms with van der Waals surface area (Å²) >= 11 is 1.79. The molecule has 19 heavy (non-hydrogen) atoms. The Morgan fingerprint density at radius 3 is 3.00 bits per heavy atom. The summed E-state index contributed by atoms with van der Waals surface area (Å²) in [4.78, 5) is 15.8. The van der Waals surface area contributed by atoms with E-state index < -0.39 is 0 Å². The summed E-state index contributed by atoms with van der Waals surface area (Å²) < 4.78 is 0. The Morgan fingerprint density at radius 2 is 2.26 bits per heavy atom. The first-order valence-electron chi connectivity index (χ1n) is 7.07. The van der Waals surface area contributed by atoms with Gasteiger partial charge < -0.3 is 10.2 Å². The minimum Gasteiger partial charge on any atom is -0.329 e. The molecule has 1 amide bonds. The zero-order valence-electron chi connectivity index (χ0n) is 11.5. The van der Waals surface area contributed by atoms with E-state index in [1.807, 2.05) is 4.90 Å². The molecule has 1 fully saturated rings. The van der Waals surface area contributed by atoms with Gasteiger partial charge in [-0.3, -0.25) is 4.79 Å². The Labute approximate surface area is 118 Å². The predicted octanol–water partition coefficient (Wildman–Crippen LogP) is 2.46. The number of rotatable bonds is 3. The van der Waals surface area contributed by atoms with Crippen molar-refractivity contribution in [1.29, 1.82) is 0 Å². The Hall–Kier alpha value is -1.00. The lowest BCUT2D eigenvalue weighted by molar-refractivity contribution is 0.0689. The van der Waals surface area contributed by atoms with Crippen LogP contribution < -0.4 is 5.32 Å². The average molecular weight is 276 g/mol. The number of fused-ring (bicyclic) bond motifs is 3. The van der Waals surface area contributed by atoms with E-state index in [1.165, 1.54) is 16.0 Å². The molecule has 1 aromatic rings. The van der Waals surface area contributed by atoms with Gasteiger partial charge in [0.05, 0.1) is 11.6 Å². The van der Waals surface area contributed by atoms with Crippen molar-refractivity contribution >= 4 is 17.7 Å². The fourth-order valence-corrected chi connectivity index (χ4v) is 3.93. The van der Waals surface area contributed by atoms with E-state index in [-0.39, 0.29) is 11.9 Å². The third-order valence-corrected chi connectivity index (χ3v) is 4.90. The van der Waals surface area contributed by atoms with Crippen LogP contribution in [0.25, 0.3) is 0 Å². The van der Waals surface area contributed by atoms with Gasteiger partial charge in [0.2, 0.25) is 0 Å². The highest BCUT2D eigenvalue weighted by Crippen LogP contribution is 2.40. The van der Waals surface area contributed by atoms with Crippen LogP contribution in [-0.2, 0) is 6.42 Å². The van der Waals surface area contributed by atoms with E-state index in [1.54, 1.807) is 11.8 Å². The van der Waals surface area contributed by atoms with Crippen molar-refractivity contribution in [2.45, 2.75) is 31.2 Å². The topological polar surface area (TPSA) is 32.3 Å². The van der Waals surface area contributed by atoms with E-state index in [4.69, 9.17) is 0 Å². The van der Waals surface area contributed by atoms with Crippen molar-refractivity contribution in [2.24, 2.45) is 0 Å². The minimum absolute atomic E-state index is 0.236. The van der Waals surface area contributed by atoms with E-state index in [0.29, 0.717) is 0 Å². The number of hydrogen-bond donors (Lipinski definition) is 1. The smallest absolute Gasteiger partial charge is 0.255 e. The van der Waals surface area contributed by atoms with Crippen LogP contribution in [0.5, 0.6) is 0 Å². The molecule has 0 bridgehead atoms. The monoisotopic (exact) mass is 276 g/mol. The third kappa shape index (κ3) is 2.07. The fourth-order valence-electron chi connectivity index (χ4n) is 3.03. The molecule has 2 aliphatic heterocycles. The second-order valence-electron chi connectivity index (χ2n) is 5.06. The summed E-state index contributed by atoms with van der Waals surface area (Å²) in [5.74, 6) is 1.25. The molecule has 102 valence electrons. The van der Waals surface area contributed by atoms with Crippen LogP contribution >= 0.6 is 11.8 Å². The van der Waals surface area contributed by atoms with E-state index in [9.17, 15) is 4.79 Å². The number of nitrogens with zero attached hydrogens (tertiary/aromatic N) is 1. The molecule has 2 heterocycles. The van der Waals surface area contributed by atoms with Gasteiger partial charge >= 0.3 is 0 Å². The summed E-state index contributed by atoms with van der Waals surface area (Å²) in [5.41, 5.74) is 3.56. The van der Waals surface area contributed by atoms with Gasteiger partial charge in [0.25, 0.3) is 5.91 Å². The molecule has 0 aromatic heterocycles. The lowest BCUT2D eigenvalue weighted by Gasteiger charge is -2.30. The van der Waals surface area contributed by atoms with Crippen LogP contribution in [-0.4, -0.2) is 36.2 Å². The van der Waals surface area contributed by atoms with Crippen LogP contribution in [0.2, 0.25) is 0 Å². The molecule has 3 rings (SSSR count). The molecule has 0 spiro atoms. The first-order valence-corrected chi connectivity index (χ1v) is 8.06. The van der Waals surface area contributed by atoms with Crippen LogP contribution in [0.3, 0.4) is 0 Å². The number of carbonyl (C=O) groups is 1. The van der Waals surface area contributed by atoms with E-state index >= 15 is 0 Å². The van der Waals surface area contributed by atoms with Gasteiger partial charge in [-0.15, -0.1) is 11.8 Å². The summed E-state index contributed by atoms with van der Waals surface area (Å²) in [7, 11) is 0. The first kappa shape index (κ1) is 13.0. The molecule has 1 saturated heterocycles. The molecule has 1 unspecified atom stereocenters. The summed E-state index contributed by atoms with van der Waals surface area (Å²) in [5, 5.41) is 3.41. The van der Waals surface area contributed by atoms with Gasteiger partial charge in [0, 0.05) is 24.5 Å². The number of amides is 1. The van der Waals surface area contributed by atoms with Crippen LogP contribution in [0.15, 0.2) is 17.0 Å². The lowest BCUT2D eigenvalue weighted by Crippen LogP contribution is -2.44. The highest BCUT2D eigenvalue weighted by Gasteiger charge is 2.39. The highest BCUT2D eigenvalue weighted by molar-refractivity contribution is 7.99. The number of hydrogen-bond acceptors (Lipinski definition) is 3. The summed E-state index contributed by atoms with van der Waals surface area (Å²) in [6.45, 7) is 6.95. The molecule has 1 aromatic carbocycles. The van der Waals surface area contributed by atoms with Crippen LogP contribution in [0.1, 0.15) is 41.4 Å². The molecular formula is C15H20N2OS. The SMILES string of the molecule is CCSc1cc(CC)cc2c1C(=O)N1CCNCC21. The predicted molar refractivity (Wildman–Crippen MR) is 78.9 cm³/mol. The molecule has 0 saturated carbocycles. The Morgan fingerprint density at radius 1 is 1.42 bits per heavy atom. The average Bonchev–Trinajstić information content (AvgIpc) is 2.73. The number of carbonyl (C=O) groups excluding carboxylic acids is 1. The van der Waals surface area contributed by atoms with Gasteiger partial charge in [-0.25, -0.2) is 0 Å². The standard InChI is InChI=1S/C15H20N2OS/c1-3-10-7-11-12-9-16-5-6-17(12)15(18)14(11)13(8-10)19-4-2/h7-8,12,16H,3-6,9H2,1-2H3. The lowest BCUT2D eigenvalue weighted by atomic mass is 9.99. The largest absolute Gasteiger partial charge is 0.329 e. The number of piperazine rings is 1. The third-order valence-electron chi connectivity index (χ3n) is 3.98. The zero-order valence-corrected chi connectivity index (χ0v) is 12.3. The summed E-state index contributed by atoms with van der Waals surface area (Å²) in [6, 6.07) is 4.69. The van der Waals surface area contributed by atoms with Crippen molar-refractivity contribution in [1.82, 2.24) is 10.2 Å². The van der Waals surface area contributed by atoms with Crippen molar-refractivity contribution < 1.29 is 4.79 Å². The molecule has 1 N–H and O–H groups in total. The molecule has 1 atom stereocenters. The first-order chi connectivity index (χ1) is 9.26. The van der Waals surface area contributed by atoms with Gasteiger partial charge in [-0.2, -0.15) is 0 Å². The molecule has 3 nitrogen and oxygen atoms in total. The maximum absolute atomic E-state index is 12.6. The number of nitrogens with one attached hydrogen (secondary N) is 1. The zero-order chi connectivity index (χ0) is 13.4. The van der Waals surface area contributed by atoms with E-state index in [2.05, 4.69) is 31.3 Å². The number of benzene rings is 1. The van der Waals surface area contributed by atoms with Crippen molar-refractivity contribution in [3.63, 3.8) is 0 Å². The number of aryl methyl sites for hydroxylation is 1. The van der Waals surface area contributed by atoms with Crippen molar-refractivity contribution in [3.05, 3.63) is 28.8 Å². The van der Waals surface area contributed by atoms with E-state index in [0.717, 1.165) is 37.4 Å². The fraction of sp³-hybridized carbons (Fsp3) is 0.533. The normalized spacial score (nSPS) is 21.5. The van der Waals surface area contributed by atoms with Crippen LogP contribution in [0.4, 0.5) is 0 Å². The van der Waals surface area contributed by atoms with Gasteiger partial charge in [-0.05, 0) is 29.4 Å². The van der Waals surface area contributed by atoms with Crippen molar-refractivity contribution in [2.75, 3.05) is 25.4 Å². The molecular weight excluding hydrogens is 256 g/mol. The molecule has 4 heteroatoms. The van der Waals surface area contributed by atoms with Gasteiger partial charge in [0.1, 0.15) is 0 Å². The summed E-state index contributed by atoms with van der Waals surface area (Å²) in [6.07, 6.45) is 1.03. The Balaban J connectivity index is 2.11.